The van der Waals surface area contributed by atoms with Crippen LogP contribution in [0.3, 0.4) is 0 Å². The third-order valence-electron chi connectivity index (χ3n) is 2.56. The summed E-state index contributed by atoms with van der Waals surface area (Å²) < 4.78 is 4.79. The summed E-state index contributed by atoms with van der Waals surface area (Å²) in [6.45, 7) is 2.39. The first-order chi connectivity index (χ1) is 9.65. The van der Waals surface area contributed by atoms with Crippen LogP contribution in [0.1, 0.15) is 21.1 Å². The Morgan fingerprint density at radius 2 is 2.25 bits per heavy atom. The molecule has 0 saturated heterocycles. The van der Waals surface area contributed by atoms with Gasteiger partial charge in [0.05, 0.1) is 29.1 Å². The maximum Gasteiger partial charge on any atom is 0.254 e. The first-order valence-corrected chi connectivity index (χ1v) is 7.01. The van der Waals surface area contributed by atoms with Crippen molar-refractivity contribution in [3.8, 4) is 0 Å². The van der Waals surface area contributed by atoms with Crippen molar-refractivity contribution >= 4 is 23.2 Å². The minimum absolute atomic E-state index is 0.0554. The van der Waals surface area contributed by atoms with Crippen LogP contribution in [0.25, 0.3) is 0 Å². The number of nitrogens with one attached hydrogen (secondary N) is 2. The largest absolute Gasteiger partial charge is 0.472 e. The molecule has 2 amide bonds. The van der Waals surface area contributed by atoms with Crippen LogP contribution >= 0.6 is 11.3 Å². The lowest BCUT2D eigenvalue weighted by molar-refractivity contribution is -0.120. The summed E-state index contributed by atoms with van der Waals surface area (Å²) in [6.07, 6.45) is 3.42. The molecule has 106 valence electrons. The van der Waals surface area contributed by atoms with E-state index in [0.29, 0.717) is 18.5 Å². The van der Waals surface area contributed by atoms with Crippen molar-refractivity contribution in [2.75, 3.05) is 13.1 Å². The third-order valence-corrected chi connectivity index (χ3v) is 3.39. The standard InChI is InChI=1S/C13H15N3O3S/c1-9-16-11(8-20-9)2-4-14-12(17)6-15-13(18)10-3-5-19-7-10/h3,5,7-8H,2,4,6H2,1H3,(H,14,17)(H,15,18). The summed E-state index contributed by atoms with van der Waals surface area (Å²) in [6, 6.07) is 1.54. The lowest BCUT2D eigenvalue weighted by atomic mass is 10.3. The molecule has 0 radical (unpaired) electrons. The Bertz CT molecular complexity index is 577. The van der Waals surface area contributed by atoms with Gasteiger partial charge in [0.25, 0.3) is 5.91 Å². The molecule has 2 aromatic rings. The van der Waals surface area contributed by atoms with Crippen LogP contribution in [0.15, 0.2) is 28.4 Å². The average molecular weight is 293 g/mol. The summed E-state index contributed by atoms with van der Waals surface area (Å²) in [4.78, 5) is 27.4. The van der Waals surface area contributed by atoms with Crippen molar-refractivity contribution in [3.05, 3.63) is 40.2 Å². The second-order valence-electron chi connectivity index (χ2n) is 4.15. The van der Waals surface area contributed by atoms with Gasteiger partial charge >= 0.3 is 0 Å². The predicted molar refractivity (Wildman–Crippen MR) is 74.6 cm³/mol. The SMILES string of the molecule is Cc1nc(CCNC(=O)CNC(=O)c2ccoc2)cs1. The Hall–Kier alpha value is -2.15. The van der Waals surface area contributed by atoms with Crippen molar-refractivity contribution < 1.29 is 14.0 Å². The van der Waals surface area contributed by atoms with Gasteiger partial charge < -0.3 is 15.1 Å². The highest BCUT2D eigenvalue weighted by atomic mass is 32.1. The molecule has 0 unspecified atom stereocenters. The number of hydrogen-bond donors (Lipinski definition) is 2. The highest BCUT2D eigenvalue weighted by Gasteiger charge is 2.08. The van der Waals surface area contributed by atoms with E-state index < -0.39 is 0 Å². The Morgan fingerprint density at radius 1 is 1.40 bits per heavy atom. The molecule has 20 heavy (non-hydrogen) atoms. The minimum atomic E-state index is -0.330. The number of nitrogens with zero attached hydrogens (tertiary/aromatic N) is 1. The van der Waals surface area contributed by atoms with Crippen LogP contribution in [-0.4, -0.2) is 29.9 Å². The first-order valence-electron chi connectivity index (χ1n) is 6.13. The summed E-state index contributed by atoms with van der Waals surface area (Å²) in [5.41, 5.74) is 1.37. The van der Waals surface area contributed by atoms with E-state index in [1.54, 1.807) is 11.3 Å². The normalized spacial score (nSPS) is 10.2. The van der Waals surface area contributed by atoms with Crippen LogP contribution < -0.4 is 10.6 Å². The Labute approximate surface area is 120 Å². The van der Waals surface area contributed by atoms with Gasteiger partial charge in [0.2, 0.25) is 5.91 Å². The van der Waals surface area contributed by atoms with Gasteiger partial charge in [-0.25, -0.2) is 4.98 Å². The lowest BCUT2D eigenvalue weighted by Gasteiger charge is -2.05. The molecule has 0 spiro atoms. The Kier molecular flexibility index (Phi) is 4.89. The van der Waals surface area contributed by atoms with Crippen LogP contribution in [0, 0.1) is 6.92 Å². The van der Waals surface area contributed by atoms with Crippen LogP contribution in [0.2, 0.25) is 0 Å². The molecule has 2 rings (SSSR count). The molecule has 7 heteroatoms. The fourth-order valence-electron chi connectivity index (χ4n) is 1.57. The van der Waals surface area contributed by atoms with E-state index >= 15 is 0 Å². The molecule has 0 aliphatic heterocycles. The van der Waals surface area contributed by atoms with Crippen LogP contribution in [0.5, 0.6) is 0 Å². The van der Waals surface area contributed by atoms with Gasteiger partial charge in [-0.15, -0.1) is 11.3 Å². The molecule has 0 aromatic carbocycles. The van der Waals surface area contributed by atoms with E-state index in [9.17, 15) is 9.59 Å². The van der Waals surface area contributed by atoms with Gasteiger partial charge in [0.1, 0.15) is 6.26 Å². The summed E-state index contributed by atoms with van der Waals surface area (Å²) >= 11 is 1.59. The fourth-order valence-corrected chi connectivity index (χ4v) is 2.22. The van der Waals surface area contributed by atoms with E-state index in [1.165, 1.54) is 18.6 Å². The Balaban J connectivity index is 1.64. The van der Waals surface area contributed by atoms with Gasteiger partial charge in [-0.1, -0.05) is 0 Å². The second kappa shape index (κ2) is 6.85. The number of aromatic nitrogens is 1. The van der Waals surface area contributed by atoms with E-state index in [4.69, 9.17) is 4.42 Å². The molecule has 0 bridgehead atoms. The van der Waals surface area contributed by atoms with Crippen molar-refractivity contribution in [2.24, 2.45) is 0 Å². The van der Waals surface area contributed by atoms with Crippen molar-refractivity contribution in [2.45, 2.75) is 13.3 Å². The first kappa shape index (κ1) is 14.3. The number of aryl methyl sites for hydroxylation is 1. The highest BCUT2D eigenvalue weighted by Crippen LogP contribution is 2.07. The summed E-state index contributed by atoms with van der Waals surface area (Å²) in [5.74, 6) is -0.558. The quantitative estimate of drug-likeness (QED) is 0.836. The molecule has 0 aliphatic carbocycles. The van der Waals surface area contributed by atoms with Gasteiger partial charge in [-0.2, -0.15) is 0 Å². The number of carbonyl (C=O) groups is 2. The lowest BCUT2D eigenvalue weighted by Crippen LogP contribution is -2.37. The maximum atomic E-state index is 11.5. The molecule has 0 atom stereocenters. The molecule has 6 nitrogen and oxygen atoms in total. The molecular weight excluding hydrogens is 278 g/mol. The zero-order valence-corrected chi connectivity index (χ0v) is 11.8. The zero-order chi connectivity index (χ0) is 14.4. The van der Waals surface area contributed by atoms with E-state index in [-0.39, 0.29) is 18.4 Å². The molecule has 2 N–H and O–H groups in total. The average Bonchev–Trinajstić information content (AvgIpc) is 3.07. The fraction of sp³-hybridized carbons (Fsp3) is 0.308. The molecular formula is C13H15N3O3S. The Morgan fingerprint density at radius 3 is 2.90 bits per heavy atom. The summed E-state index contributed by atoms with van der Waals surface area (Å²) in [7, 11) is 0. The molecule has 0 aliphatic rings. The minimum Gasteiger partial charge on any atom is -0.472 e. The number of carbonyl (C=O) groups excluding carboxylic acids is 2. The van der Waals surface area contributed by atoms with Gasteiger partial charge in [0.15, 0.2) is 0 Å². The number of rotatable bonds is 6. The van der Waals surface area contributed by atoms with Crippen molar-refractivity contribution in [1.82, 2.24) is 15.6 Å². The summed E-state index contributed by atoms with van der Waals surface area (Å²) in [5, 5.41) is 8.23. The second-order valence-corrected chi connectivity index (χ2v) is 5.21. The maximum absolute atomic E-state index is 11.5. The van der Waals surface area contributed by atoms with Gasteiger partial charge in [-0.05, 0) is 13.0 Å². The van der Waals surface area contributed by atoms with E-state index in [2.05, 4.69) is 15.6 Å². The van der Waals surface area contributed by atoms with Crippen molar-refractivity contribution in [1.29, 1.82) is 0 Å². The number of hydrogen-bond acceptors (Lipinski definition) is 5. The van der Waals surface area contributed by atoms with Crippen molar-refractivity contribution in [3.63, 3.8) is 0 Å². The predicted octanol–water partition coefficient (Wildman–Crippen LogP) is 1.13. The molecule has 2 heterocycles. The topological polar surface area (TPSA) is 84.2 Å². The van der Waals surface area contributed by atoms with E-state index in [0.717, 1.165) is 10.7 Å². The highest BCUT2D eigenvalue weighted by molar-refractivity contribution is 7.09. The third kappa shape index (κ3) is 4.20. The molecule has 0 saturated carbocycles. The molecule has 0 fully saturated rings. The number of furan rings is 1. The smallest absolute Gasteiger partial charge is 0.254 e. The van der Waals surface area contributed by atoms with Crippen LogP contribution in [0.4, 0.5) is 0 Å². The monoisotopic (exact) mass is 293 g/mol. The number of thiazole rings is 1. The molecule has 2 aromatic heterocycles. The zero-order valence-electron chi connectivity index (χ0n) is 11.0. The van der Waals surface area contributed by atoms with Crippen LogP contribution in [-0.2, 0) is 11.2 Å². The van der Waals surface area contributed by atoms with Gasteiger partial charge in [-0.3, -0.25) is 9.59 Å². The van der Waals surface area contributed by atoms with Gasteiger partial charge in [0, 0.05) is 18.3 Å². The van der Waals surface area contributed by atoms with E-state index in [1.807, 2.05) is 12.3 Å². The number of amides is 2.